The number of methoxy groups -OCH3 is 1. The first-order valence-electron chi connectivity index (χ1n) is 9.41. The molecular weight excluding hydrogens is 408 g/mol. The van der Waals surface area contributed by atoms with E-state index in [0.29, 0.717) is 0 Å². The molecule has 0 aliphatic carbocycles. The molecule has 0 saturated carbocycles. The summed E-state index contributed by atoms with van der Waals surface area (Å²) in [5.74, 6) is -3.09. The first-order chi connectivity index (χ1) is 14.7. The van der Waals surface area contributed by atoms with Crippen molar-refractivity contribution in [3.05, 3.63) is 83.1 Å². The molecule has 0 saturated heterocycles. The fourth-order valence-corrected chi connectivity index (χ4v) is 3.33. The highest BCUT2D eigenvalue weighted by atomic mass is 19.2. The van der Waals surface area contributed by atoms with Gasteiger partial charge in [0.25, 0.3) is 0 Å². The molecule has 2 aromatic carbocycles. The average molecular weight is 429 g/mol. The minimum Gasteiger partial charge on any atom is -0.466 e. The lowest BCUT2D eigenvalue weighted by Gasteiger charge is -2.38. The van der Waals surface area contributed by atoms with Crippen molar-refractivity contribution in [3.63, 3.8) is 0 Å². The monoisotopic (exact) mass is 429 g/mol. The highest BCUT2D eigenvalue weighted by Crippen LogP contribution is 2.35. The van der Waals surface area contributed by atoms with E-state index in [2.05, 4.69) is 5.32 Å². The van der Waals surface area contributed by atoms with E-state index in [0.717, 1.165) is 34.6 Å². The number of halogens is 2. The summed E-state index contributed by atoms with van der Waals surface area (Å²) in [6.45, 7) is 1.73. The molecule has 2 unspecified atom stereocenters. The predicted molar refractivity (Wildman–Crippen MR) is 108 cm³/mol. The number of urea groups is 2. The molecule has 0 bridgehead atoms. The van der Waals surface area contributed by atoms with Crippen molar-refractivity contribution in [3.8, 4) is 0 Å². The summed E-state index contributed by atoms with van der Waals surface area (Å²) in [7, 11) is 2.51. The molecule has 1 N–H and O–H groups in total. The second-order valence-electron chi connectivity index (χ2n) is 7.00. The van der Waals surface area contributed by atoms with Crippen LogP contribution in [0.2, 0.25) is 0 Å². The fraction of sp³-hybridized carbons (Fsp3) is 0.227. The average Bonchev–Trinajstić information content (AvgIpc) is 2.77. The summed E-state index contributed by atoms with van der Waals surface area (Å²) in [6, 6.07) is 8.63. The minimum atomic E-state index is -1.31. The van der Waals surface area contributed by atoms with Gasteiger partial charge in [-0.1, -0.05) is 36.4 Å². The van der Waals surface area contributed by atoms with Crippen LogP contribution in [0.15, 0.2) is 60.3 Å². The summed E-state index contributed by atoms with van der Waals surface area (Å²) < 4.78 is 32.2. The largest absolute Gasteiger partial charge is 0.466 e. The Morgan fingerprint density at radius 3 is 2.39 bits per heavy atom. The molecule has 7 nitrogen and oxygen atoms in total. The molecule has 1 heterocycles. The zero-order valence-electron chi connectivity index (χ0n) is 17.1. The van der Waals surface area contributed by atoms with Crippen molar-refractivity contribution < 1.29 is 27.9 Å². The van der Waals surface area contributed by atoms with Crippen molar-refractivity contribution in [2.75, 3.05) is 14.2 Å². The number of hydrogen-bond acceptors (Lipinski definition) is 4. The number of nitrogens with zero attached hydrogens (tertiary/aromatic N) is 2. The molecule has 0 radical (unpaired) electrons. The number of hydrogen-bond donors (Lipinski definition) is 1. The number of carbonyl (C=O) groups is 3. The van der Waals surface area contributed by atoms with Crippen LogP contribution in [-0.4, -0.2) is 42.0 Å². The maximum atomic E-state index is 14.0. The van der Waals surface area contributed by atoms with Crippen LogP contribution < -0.4 is 5.32 Å². The highest BCUT2D eigenvalue weighted by Gasteiger charge is 2.42. The van der Waals surface area contributed by atoms with Gasteiger partial charge in [-0.3, -0.25) is 0 Å². The van der Waals surface area contributed by atoms with E-state index >= 15 is 0 Å². The molecule has 31 heavy (non-hydrogen) atoms. The van der Waals surface area contributed by atoms with Gasteiger partial charge >= 0.3 is 18.0 Å². The number of benzene rings is 2. The van der Waals surface area contributed by atoms with Gasteiger partial charge in [-0.25, -0.2) is 28.1 Å². The molecule has 162 valence electrons. The van der Waals surface area contributed by atoms with Gasteiger partial charge in [0, 0.05) is 13.2 Å². The Labute approximate surface area is 177 Å². The third kappa shape index (κ3) is 4.40. The maximum Gasteiger partial charge on any atom is 0.337 e. The van der Waals surface area contributed by atoms with Crippen LogP contribution >= 0.6 is 0 Å². The normalized spacial score (nSPS) is 17.1. The van der Waals surface area contributed by atoms with E-state index in [4.69, 9.17) is 4.74 Å². The fourth-order valence-electron chi connectivity index (χ4n) is 3.33. The number of amides is 4. The van der Waals surface area contributed by atoms with Crippen molar-refractivity contribution in [2.45, 2.75) is 19.0 Å². The van der Waals surface area contributed by atoms with Gasteiger partial charge in [0.2, 0.25) is 0 Å². The van der Waals surface area contributed by atoms with E-state index < -0.39 is 41.7 Å². The third-order valence-electron chi connectivity index (χ3n) is 4.93. The van der Waals surface area contributed by atoms with E-state index in [1.54, 1.807) is 19.1 Å². The lowest BCUT2D eigenvalue weighted by Crippen LogP contribution is -2.53. The minimum absolute atomic E-state index is 0.0412. The first-order valence-corrected chi connectivity index (χ1v) is 9.41. The zero-order valence-corrected chi connectivity index (χ0v) is 17.1. The molecule has 2 atom stereocenters. The molecule has 0 spiro atoms. The summed E-state index contributed by atoms with van der Waals surface area (Å²) in [6.07, 6.45) is 1.21. The second kappa shape index (κ2) is 8.95. The lowest BCUT2D eigenvalue weighted by molar-refractivity contribution is -0.136. The molecule has 4 amide bonds. The smallest absolute Gasteiger partial charge is 0.337 e. The number of ether oxygens (including phenoxy) is 1. The van der Waals surface area contributed by atoms with Crippen LogP contribution in [0.25, 0.3) is 0 Å². The van der Waals surface area contributed by atoms with E-state index in [1.165, 1.54) is 19.3 Å². The molecular formula is C22H21F2N3O4. The van der Waals surface area contributed by atoms with E-state index in [-0.39, 0.29) is 11.1 Å². The van der Waals surface area contributed by atoms with Gasteiger partial charge < -0.3 is 15.0 Å². The quantitative estimate of drug-likeness (QED) is 0.748. The van der Waals surface area contributed by atoms with Crippen LogP contribution in [0, 0.1) is 11.6 Å². The highest BCUT2D eigenvalue weighted by molar-refractivity contribution is 6.00. The van der Waals surface area contributed by atoms with Crippen molar-refractivity contribution in [1.29, 1.82) is 0 Å². The van der Waals surface area contributed by atoms with E-state index in [9.17, 15) is 23.2 Å². The Hall–Kier alpha value is -3.75. The van der Waals surface area contributed by atoms with Gasteiger partial charge in [0.15, 0.2) is 11.6 Å². The number of carbonyl (C=O) groups excluding carboxylic acids is 3. The Balaban J connectivity index is 2.04. The Kier molecular flexibility index (Phi) is 6.33. The second-order valence-corrected chi connectivity index (χ2v) is 7.00. The number of nitrogens with one attached hydrogen (secondary N) is 1. The number of rotatable bonds is 4. The van der Waals surface area contributed by atoms with Gasteiger partial charge in [-0.15, -0.1) is 0 Å². The lowest BCUT2D eigenvalue weighted by atomic mass is 9.96. The molecule has 2 aromatic rings. The maximum absolute atomic E-state index is 14.0. The zero-order chi connectivity index (χ0) is 22.7. The molecule has 3 rings (SSSR count). The van der Waals surface area contributed by atoms with Crippen LogP contribution in [0.4, 0.5) is 18.4 Å². The van der Waals surface area contributed by atoms with E-state index in [1.807, 2.05) is 18.2 Å². The molecule has 0 aromatic heterocycles. The Morgan fingerprint density at radius 1 is 1.10 bits per heavy atom. The topological polar surface area (TPSA) is 79.0 Å². The number of imide groups is 1. The van der Waals surface area contributed by atoms with Gasteiger partial charge in [0.1, 0.15) is 6.04 Å². The van der Waals surface area contributed by atoms with Crippen LogP contribution in [0.5, 0.6) is 0 Å². The molecule has 1 aliphatic heterocycles. The van der Waals surface area contributed by atoms with Gasteiger partial charge in [-0.05, 0) is 30.2 Å². The van der Waals surface area contributed by atoms with Gasteiger partial charge in [-0.2, -0.15) is 0 Å². The Bertz CT molecular complexity index is 1040. The van der Waals surface area contributed by atoms with Crippen LogP contribution in [0.1, 0.15) is 30.1 Å². The first kappa shape index (κ1) is 21.9. The molecule has 1 aliphatic rings. The van der Waals surface area contributed by atoms with Crippen molar-refractivity contribution in [2.24, 2.45) is 0 Å². The SMILES string of the molecule is COC(=O)C1=CN(C)C(=O)N(C(=O)NC(C)c2ccccc2)C1c1ccc(F)c(F)c1. The van der Waals surface area contributed by atoms with Crippen molar-refractivity contribution >= 4 is 18.0 Å². The van der Waals surface area contributed by atoms with Crippen LogP contribution in [0.3, 0.4) is 0 Å². The summed E-state index contributed by atoms with van der Waals surface area (Å²) in [4.78, 5) is 40.3. The van der Waals surface area contributed by atoms with Crippen LogP contribution in [-0.2, 0) is 9.53 Å². The van der Waals surface area contributed by atoms with Crippen molar-refractivity contribution in [1.82, 2.24) is 15.1 Å². The third-order valence-corrected chi connectivity index (χ3v) is 4.93. The predicted octanol–water partition coefficient (Wildman–Crippen LogP) is 3.90. The summed E-state index contributed by atoms with van der Waals surface area (Å²) in [5, 5.41) is 2.71. The molecule has 9 heteroatoms. The summed E-state index contributed by atoms with van der Waals surface area (Å²) in [5.41, 5.74) is 0.749. The Morgan fingerprint density at radius 2 is 1.77 bits per heavy atom. The van der Waals surface area contributed by atoms with Gasteiger partial charge in [0.05, 0.1) is 18.7 Å². The number of esters is 1. The standard InChI is InChI=1S/C22H21F2N3O4/c1-13(14-7-5-4-6-8-14)25-21(29)27-19(15-9-10-17(23)18(24)11-15)16(20(28)31-3)12-26(2)22(27)30/h4-13,19H,1-3H3,(H,25,29). The molecule has 0 fully saturated rings. The summed E-state index contributed by atoms with van der Waals surface area (Å²) >= 11 is 0.